The summed E-state index contributed by atoms with van der Waals surface area (Å²) >= 11 is 0. The molecule has 0 amide bonds. The van der Waals surface area contributed by atoms with Crippen LogP contribution in [-0.2, 0) is 61.9 Å². The first kappa shape index (κ1) is 45.3. The predicted molar refractivity (Wildman–Crippen MR) is 197 cm³/mol. The maximum absolute atomic E-state index is 14.0. The molecular formula is C41H54O15. The van der Waals surface area contributed by atoms with Gasteiger partial charge in [-0.05, 0) is 19.1 Å². The Morgan fingerprint density at radius 3 is 1.73 bits per heavy atom. The second kappa shape index (κ2) is 17.8. The van der Waals surface area contributed by atoms with Gasteiger partial charge in [0.2, 0.25) is 0 Å². The largest absolute Gasteiger partial charge is 0.459 e. The van der Waals surface area contributed by atoms with Gasteiger partial charge in [-0.1, -0.05) is 71.5 Å². The Morgan fingerprint density at radius 1 is 0.714 bits per heavy atom. The molecule has 1 saturated carbocycles. The van der Waals surface area contributed by atoms with Gasteiger partial charge in [0.15, 0.2) is 24.4 Å². The second-order valence-electron chi connectivity index (χ2n) is 15.6. The van der Waals surface area contributed by atoms with Gasteiger partial charge in [0.25, 0.3) is 0 Å². The van der Waals surface area contributed by atoms with E-state index in [4.69, 9.17) is 33.2 Å². The van der Waals surface area contributed by atoms with E-state index >= 15 is 0 Å². The highest BCUT2D eigenvalue weighted by Crippen LogP contribution is 2.54. The fourth-order valence-corrected chi connectivity index (χ4v) is 7.58. The lowest BCUT2D eigenvalue weighted by atomic mass is 9.71. The van der Waals surface area contributed by atoms with Gasteiger partial charge >= 0.3 is 41.8 Å². The number of hydrogen-bond acceptors (Lipinski definition) is 15. The summed E-state index contributed by atoms with van der Waals surface area (Å²) in [6.45, 7) is 19.1. The van der Waals surface area contributed by atoms with E-state index in [-0.39, 0.29) is 11.1 Å². The Kier molecular flexibility index (Phi) is 14.4. The molecule has 1 aromatic carbocycles. The van der Waals surface area contributed by atoms with E-state index in [0.29, 0.717) is 0 Å². The summed E-state index contributed by atoms with van der Waals surface area (Å²) in [5, 5.41) is 13.2. The molecular weight excluding hydrogens is 732 g/mol. The molecule has 3 rings (SSSR count). The molecule has 1 N–H and O–H groups in total. The fourth-order valence-electron chi connectivity index (χ4n) is 7.58. The molecule has 0 radical (unpaired) electrons. The Balaban J connectivity index is 2.61. The van der Waals surface area contributed by atoms with Gasteiger partial charge < -0.3 is 38.3 Å². The Morgan fingerprint density at radius 2 is 1.23 bits per heavy atom. The quantitative estimate of drug-likeness (QED) is 0.210. The lowest BCUT2D eigenvalue weighted by Gasteiger charge is -2.46. The fraction of sp³-hybridized carbons (Fsp3) is 0.585. The average molecular weight is 787 g/mol. The van der Waals surface area contributed by atoms with Crippen LogP contribution in [0.15, 0.2) is 54.6 Å². The van der Waals surface area contributed by atoms with E-state index in [1.807, 2.05) is 0 Å². The van der Waals surface area contributed by atoms with Crippen molar-refractivity contribution in [3.63, 3.8) is 0 Å². The van der Waals surface area contributed by atoms with Gasteiger partial charge in [0.1, 0.15) is 23.4 Å². The average Bonchev–Trinajstić information content (AvgIpc) is 3.28. The molecule has 15 heteroatoms. The van der Waals surface area contributed by atoms with E-state index < -0.39 is 119 Å². The number of aliphatic hydroxyl groups is 1. The van der Waals surface area contributed by atoms with Crippen molar-refractivity contribution >= 4 is 41.8 Å². The van der Waals surface area contributed by atoms with Crippen molar-refractivity contribution in [3.05, 3.63) is 60.2 Å². The number of rotatable bonds is 9. The third-order valence-electron chi connectivity index (χ3n) is 9.84. The summed E-state index contributed by atoms with van der Waals surface area (Å²) < 4.78 is 41.5. The molecule has 0 saturated heterocycles. The molecule has 0 unspecified atom stereocenters. The van der Waals surface area contributed by atoms with Crippen molar-refractivity contribution in [2.24, 2.45) is 23.2 Å². The number of hydrogen-bond donors (Lipinski definition) is 1. The van der Waals surface area contributed by atoms with E-state index in [2.05, 4.69) is 6.58 Å². The number of ether oxygens (including phenoxy) is 7. The van der Waals surface area contributed by atoms with Crippen molar-refractivity contribution in [1.82, 2.24) is 0 Å². The molecule has 56 heavy (non-hydrogen) atoms. The smallest absolute Gasteiger partial charge is 0.338 e. The molecule has 2 aliphatic rings. The minimum Gasteiger partial charge on any atom is -0.459 e. The monoisotopic (exact) mass is 786 g/mol. The second-order valence-corrected chi connectivity index (χ2v) is 15.6. The lowest BCUT2D eigenvalue weighted by molar-refractivity contribution is -0.200. The van der Waals surface area contributed by atoms with E-state index in [0.717, 1.165) is 34.6 Å². The van der Waals surface area contributed by atoms with Gasteiger partial charge in [0, 0.05) is 57.9 Å². The lowest BCUT2D eigenvalue weighted by Crippen LogP contribution is -2.60. The summed E-state index contributed by atoms with van der Waals surface area (Å²) in [6, 6.07) is 7.73. The van der Waals surface area contributed by atoms with Crippen molar-refractivity contribution in [2.45, 2.75) is 130 Å². The van der Waals surface area contributed by atoms with Gasteiger partial charge in [0.05, 0.1) is 17.4 Å². The number of carbonyl (C=O) groups excluding carboxylic acids is 7. The molecule has 1 aromatic rings. The first-order valence-corrected chi connectivity index (χ1v) is 18.3. The highest BCUT2D eigenvalue weighted by molar-refractivity contribution is 5.89. The van der Waals surface area contributed by atoms with Crippen LogP contribution in [0.2, 0.25) is 0 Å². The molecule has 1 fully saturated rings. The maximum atomic E-state index is 14.0. The number of esters is 7. The van der Waals surface area contributed by atoms with Crippen molar-refractivity contribution in [1.29, 1.82) is 0 Å². The zero-order valence-electron chi connectivity index (χ0n) is 33.8. The van der Waals surface area contributed by atoms with Crippen LogP contribution in [0, 0.1) is 23.2 Å². The van der Waals surface area contributed by atoms with Crippen LogP contribution in [0.5, 0.6) is 0 Å². The normalized spacial score (nSPS) is 31.9. The highest BCUT2D eigenvalue weighted by atomic mass is 16.6. The first-order valence-electron chi connectivity index (χ1n) is 18.3. The molecule has 308 valence electrons. The number of benzene rings is 1. The summed E-state index contributed by atoms with van der Waals surface area (Å²) in [5.74, 6) is -9.46. The van der Waals surface area contributed by atoms with Gasteiger partial charge in [-0.3, -0.25) is 28.8 Å². The molecule has 0 bridgehead atoms. The van der Waals surface area contributed by atoms with Crippen molar-refractivity contribution < 1.29 is 71.8 Å². The zero-order valence-corrected chi connectivity index (χ0v) is 33.8. The van der Waals surface area contributed by atoms with Crippen LogP contribution in [-0.4, -0.2) is 94.7 Å². The summed E-state index contributed by atoms with van der Waals surface area (Å²) in [5.41, 5.74) is -5.81. The van der Waals surface area contributed by atoms with E-state index in [1.54, 1.807) is 51.1 Å². The minimum atomic E-state index is -2.38. The highest BCUT2D eigenvalue weighted by Gasteiger charge is 2.70. The van der Waals surface area contributed by atoms with Crippen LogP contribution in [0.1, 0.15) is 92.9 Å². The van der Waals surface area contributed by atoms with Crippen LogP contribution in [0.25, 0.3) is 0 Å². The molecule has 10 atom stereocenters. The summed E-state index contributed by atoms with van der Waals surface area (Å²) in [6.07, 6.45) is -7.37. The zero-order chi connectivity index (χ0) is 42.5. The van der Waals surface area contributed by atoms with Crippen molar-refractivity contribution in [2.75, 3.05) is 0 Å². The third-order valence-corrected chi connectivity index (χ3v) is 9.84. The minimum absolute atomic E-state index is 0.0493. The molecule has 0 spiro atoms. The molecule has 0 aliphatic heterocycles. The Labute approximate surface area is 327 Å². The maximum Gasteiger partial charge on any atom is 0.338 e. The standard InChI is InChI=1S/C41H54O15/c1-21(2)37(47)54-31-23(4)32(55-38(48)29-16-14-13-15-17-29)33(50-24(5)42)36(53-27(8)45)39(10,11)19-18-22(3)34(51-25(6)43)41(49)20-40(12,56-28(9)46)35(30(31)41)52-26(7)44/h13-19,21-22,30-36,49H,4,20H2,1-3,5-12H3/b19-18+/t22-,30-,31-,32-,33-,34-,35+,36+,40+,41+/m0/s1. The predicted octanol–water partition coefficient (Wildman–Crippen LogP) is 4.37. The Hall–Kier alpha value is -5.05. The van der Waals surface area contributed by atoms with Crippen LogP contribution in [0.4, 0.5) is 0 Å². The topological polar surface area (TPSA) is 204 Å². The number of fused-ring (bicyclic) bond motifs is 1. The molecule has 0 heterocycles. The number of carbonyl (C=O) groups is 7. The third kappa shape index (κ3) is 10.4. The van der Waals surface area contributed by atoms with Gasteiger partial charge in [-0.2, -0.15) is 0 Å². The molecule has 0 aromatic heterocycles. The molecule has 15 nitrogen and oxygen atoms in total. The van der Waals surface area contributed by atoms with Crippen LogP contribution in [0.3, 0.4) is 0 Å². The summed E-state index contributed by atoms with van der Waals surface area (Å²) in [7, 11) is 0. The molecule has 2 aliphatic carbocycles. The summed E-state index contributed by atoms with van der Waals surface area (Å²) in [4.78, 5) is 91.8. The van der Waals surface area contributed by atoms with E-state index in [1.165, 1.54) is 32.9 Å². The van der Waals surface area contributed by atoms with Crippen molar-refractivity contribution in [3.8, 4) is 0 Å². The SMILES string of the molecule is C=C1[C@H](OC(=O)c2ccccc2)[C@H](OC(C)=O)[C@@H](OC(C)=O)C(C)(C)/C=C/[C@H](C)[C@H](OC(C)=O)[C@@]2(O)C[C@@](C)(OC(C)=O)[C@H](OC(C)=O)[C@@H]2[C@H]1OC(=O)C(C)C. The first-order chi connectivity index (χ1) is 25.8. The van der Waals surface area contributed by atoms with Gasteiger partial charge in [-0.25, -0.2) is 4.79 Å². The van der Waals surface area contributed by atoms with Gasteiger partial charge in [-0.15, -0.1) is 0 Å². The van der Waals surface area contributed by atoms with Crippen LogP contribution >= 0.6 is 0 Å². The Bertz CT molecular complexity index is 1710. The van der Waals surface area contributed by atoms with Crippen LogP contribution < -0.4 is 0 Å². The van der Waals surface area contributed by atoms with E-state index in [9.17, 15) is 38.7 Å².